The van der Waals surface area contributed by atoms with Crippen molar-refractivity contribution in [2.45, 2.75) is 6.10 Å². The second kappa shape index (κ2) is 3.85. The molecule has 48 valence electrons. The Labute approximate surface area is 50.3 Å². The van der Waals surface area contributed by atoms with E-state index in [2.05, 4.69) is 0 Å². The molecule has 0 heterocycles. The maximum Gasteiger partial charge on any atom is 0.246 e. The lowest BCUT2D eigenvalue weighted by Gasteiger charge is -1.98. The van der Waals surface area contributed by atoms with Crippen LogP contribution in [0.5, 0.6) is 0 Å². The molecule has 0 aromatic heterocycles. The molecule has 0 saturated carbocycles. The molecule has 0 aliphatic rings. The molecular formula is C3H6O4S. The van der Waals surface area contributed by atoms with Crippen molar-refractivity contribution in [2.75, 3.05) is 6.61 Å². The number of hydrogen-bond donors (Lipinski definition) is 3. The third-order valence-corrected chi connectivity index (χ3v) is 0.987. The molecule has 0 radical (unpaired) electrons. The Bertz CT molecular complexity index is 83.4. The van der Waals surface area contributed by atoms with E-state index in [-0.39, 0.29) is 12.0 Å². The van der Waals surface area contributed by atoms with E-state index < -0.39 is 17.8 Å². The van der Waals surface area contributed by atoms with Crippen LogP contribution in [0, 0.1) is 0 Å². The molecule has 1 unspecified atom stereocenters. The first-order valence-corrected chi connectivity index (χ1v) is 2.64. The van der Waals surface area contributed by atoms with Crippen LogP contribution < -0.4 is 0 Å². The first kappa shape index (κ1) is 7.90. The van der Waals surface area contributed by atoms with Crippen molar-refractivity contribution < 1.29 is 19.6 Å². The number of carbonyl (C=O) groups excluding carboxylic acids is 1. The van der Waals surface area contributed by atoms with Crippen molar-refractivity contribution in [1.82, 2.24) is 0 Å². The third kappa shape index (κ3) is 2.27. The standard InChI is InChI=1S/C3H6O4S/c4-1-2(5)3(6)8-7/h2,4-5,7H,1H2. The van der Waals surface area contributed by atoms with Crippen LogP contribution in [-0.4, -0.2) is 32.6 Å². The highest BCUT2D eigenvalue weighted by Crippen LogP contribution is 1.97. The lowest BCUT2D eigenvalue weighted by atomic mass is 10.4. The van der Waals surface area contributed by atoms with Crippen LogP contribution in [0.15, 0.2) is 0 Å². The minimum absolute atomic E-state index is 0.0914. The summed E-state index contributed by atoms with van der Waals surface area (Å²) in [5, 5.41) is 15.5. The van der Waals surface area contributed by atoms with Gasteiger partial charge >= 0.3 is 0 Å². The fourth-order valence-electron chi connectivity index (χ4n) is 0.135. The van der Waals surface area contributed by atoms with Gasteiger partial charge in [-0.15, -0.1) is 0 Å². The molecule has 0 bridgehead atoms. The first-order chi connectivity index (χ1) is 3.72. The Morgan fingerprint density at radius 2 is 2.25 bits per heavy atom. The van der Waals surface area contributed by atoms with Crippen molar-refractivity contribution in [1.29, 1.82) is 0 Å². The van der Waals surface area contributed by atoms with Crippen LogP contribution in [0.4, 0.5) is 0 Å². The maximum absolute atomic E-state index is 10.0. The van der Waals surface area contributed by atoms with Gasteiger partial charge < -0.3 is 14.8 Å². The summed E-state index contributed by atoms with van der Waals surface area (Å²) in [6, 6.07) is 0. The molecule has 0 rings (SSSR count). The Hall–Kier alpha value is -0.100. The average Bonchev–Trinajstić information content (AvgIpc) is 1.84. The predicted octanol–water partition coefficient (Wildman–Crippen LogP) is -0.928. The van der Waals surface area contributed by atoms with Gasteiger partial charge in [-0.05, 0) is 0 Å². The average molecular weight is 138 g/mol. The van der Waals surface area contributed by atoms with Crippen LogP contribution in [0.25, 0.3) is 0 Å². The van der Waals surface area contributed by atoms with Crippen LogP contribution in [0.1, 0.15) is 0 Å². The van der Waals surface area contributed by atoms with E-state index >= 15 is 0 Å². The fourth-order valence-corrected chi connectivity index (χ4v) is 0.332. The number of aliphatic hydroxyl groups is 2. The highest BCUT2D eigenvalue weighted by atomic mass is 32.2. The Morgan fingerprint density at radius 3 is 2.38 bits per heavy atom. The molecular weight excluding hydrogens is 132 g/mol. The Balaban J connectivity index is 3.46. The molecule has 0 amide bonds. The van der Waals surface area contributed by atoms with Crippen molar-refractivity contribution in [2.24, 2.45) is 0 Å². The van der Waals surface area contributed by atoms with Gasteiger partial charge in [0, 0.05) is 0 Å². The van der Waals surface area contributed by atoms with E-state index in [4.69, 9.17) is 14.8 Å². The van der Waals surface area contributed by atoms with Gasteiger partial charge in [-0.3, -0.25) is 4.79 Å². The molecule has 8 heavy (non-hydrogen) atoms. The third-order valence-electron chi connectivity index (χ3n) is 0.535. The van der Waals surface area contributed by atoms with Crippen molar-refractivity contribution in [3.8, 4) is 0 Å². The van der Waals surface area contributed by atoms with Gasteiger partial charge in [0.1, 0.15) is 6.10 Å². The monoisotopic (exact) mass is 138 g/mol. The van der Waals surface area contributed by atoms with Crippen LogP contribution in [-0.2, 0) is 4.79 Å². The Morgan fingerprint density at radius 1 is 1.75 bits per heavy atom. The molecule has 0 aromatic rings. The van der Waals surface area contributed by atoms with Gasteiger partial charge in [-0.1, -0.05) is 0 Å². The molecule has 3 N–H and O–H groups in total. The number of aliphatic hydroxyl groups excluding tert-OH is 2. The van der Waals surface area contributed by atoms with Crippen LogP contribution in [0.2, 0.25) is 0 Å². The second-order valence-electron chi connectivity index (χ2n) is 1.11. The van der Waals surface area contributed by atoms with E-state index in [1.807, 2.05) is 0 Å². The zero-order valence-electron chi connectivity index (χ0n) is 3.94. The fraction of sp³-hybridized carbons (Fsp3) is 0.667. The minimum Gasteiger partial charge on any atom is -0.393 e. The topological polar surface area (TPSA) is 77.8 Å². The zero-order chi connectivity index (χ0) is 6.57. The van der Waals surface area contributed by atoms with Crippen molar-refractivity contribution in [3.05, 3.63) is 0 Å². The number of hydrogen-bond acceptors (Lipinski definition) is 5. The molecule has 0 aliphatic carbocycles. The van der Waals surface area contributed by atoms with Gasteiger partial charge in [0.25, 0.3) is 0 Å². The minimum atomic E-state index is -1.45. The highest BCUT2D eigenvalue weighted by Gasteiger charge is 2.12. The maximum atomic E-state index is 10.0. The Kier molecular flexibility index (Phi) is 3.80. The normalized spacial score (nSPS) is 13.4. The summed E-state index contributed by atoms with van der Waals surface area (Å²) < 4.78 is 7.93. The lowest BCUT2D eigenvalue weighted by molar-refractivity contribution is -0.120. The van der Waals surface area contributed by atoms with Gasteiger partial charge in [-0.2, -0.15) is 0 Å². The molecule has 0 fully saturated rings. The summed E-state index contributed by atoms with van der Waals surface area (Å²) >= 11 is -0.0914. The lowest BCUT2D eigenvalue weighted by Crippen LogP contribution is -2.20. The van der Waals surface area contributed by atoms with Crippen molar-refractivity contribution >= 4 is 17.2 Å². The summed E-state index contributed by atoms with van der Waals surface area (Å²) in [6.45, 7) is -0.646. The molecule has 1 atom stereocenters. The second-order valence-corrected chi connectivity index (χ2v) is 1.69. The number of carbonyl (C=O) groups is 1. The van der Waals surface area contributed by atoms with Gasteiger partial charge in [0.2, 0.25) is 5.12 Å². The smallest absolute Gasteiger partial charge is 0.246 e. The SMILES string of the molecule is O=C(SO)C(O)CO. The molecule has 0 aromatic carbocycles. The van der Waals surface area contributed by atoms with Crippen LogP contribution in [0.3, 0.4) is 0 Å². The predicted molar refractivity (Wildman–Crippen MR) is 28.3 cm³/mol. The quantitative estimate of drug-likeness (QED) is 0.430. The van der Waals surface area contributed by atoms with Gasteiger partial charge in [0.15, 0.2) is 0 Å². The van der Waals surface area contributed by atoms with E-state index in [1.165, 1.54) is 0 Å². The first-order valence-electron chi connectivity index (χ1n) is 1.86. The van der Waals surface area contributed by atoms with Crippen molar-refractivity contribution in [3.63, 3.8) is 0 Å². The molecule has 0 spiro atoms. The van der Waals surface area contributed by atoms with E-state index in [1.54, 1.807) is 0 Å². The summed E-state index contributed by atoms with van der Waals surface area (Å²) in [5.41, 5.74) is 0. The van der Waals surface area contributed by atoms with Gasteiger partial charge in [0.05, 0.1) is 18.6 Å². The summed E-state index contributed by atoms with van der Waals surface area (Å²) in [5.74, 6) is 0. The van der Waals surface area contributed by atoms with Crippen LogP contribution >= 0.6 is 12.0 Å². The number of rotatable bonds is 2. The molecule has 5 heteroatoms. The summed E-state index contributed by atoms with van der Waals surface area (Å²) in [7, 11) is 0. The molecule has 4 nitrogen and oxygen atoms in total. The largest absolute Gasteiger partial charge is 0.393 e. The van der Waals surface area contributed by atoms with E-state index in [0.29, 0.717) is 0 Å². The summed E-state index contributed by atoms with van der Waals surface area (Å²) in [4.78, 5) is 10.0. The van der Waals surface area contributed by atoms with Gasteiger partial charge in [-0.25, -0.2) is 0 Å². The molecule has 0 saturated heterocycles. The zero-order valence-corrected chi connectivity index (χ0v) is 4.76. The highest BCUT2D eigenvalue weighted by molar-refractivity contribution is 8.08. The van der Waals surface area contributed by atoms with E-state index in [0.717, 1.165) is 0 Å². The molecule has 0 aliphatic heterocycles. The van der Waals surface area contributed by atoms with E-state index in [9.17, 15) is 4.79 Å². The summed E-state index contributed by atoms with van der Waals surface area (Å²) in [6.07, 6.45) is -1.45.